The summed E-state index contributed by atoms with van der Waals surface area (Å²) in [5, 5.41) is 0.296. The van der Waals surface area contributed by atoms with E-state index in [9.17, 15) is 8.42 Å². The Labute approximate surface area is 132 Å². The molecule has 21 heavy (non-hydrogen) atoms. The fourth-order valence-corrected chi connectivity index (χ4v) is 3.23. The minimum atomic E-state index is -3.81. The van der Waals surface area contributed by atoms with Crippen LogP contribution in [0.3, 0.4) is 0 Å². The summed E-state index contributed by atoms with van der Waals surface area (Å²) >= 11 is 11.9. The topological polar surface area (TPSA) is 68.5 Å². The number of hydrogen-bond donors (Lipinski definition) is 1. The number of nitrogens with one attached hydrogen (secondary N) is 1. The molecule has 0 saturated heterocycles. The molecule has 0 amide bonds. The summed E-state index contributed by atoms with van der Waals surface area (Å²) in [7, 11) is -3.81. The van der Waals surface area contributed by atoms with Gasteiger partial charge in [0.15, 0.2) is 5.75 Å². The number of halogens is 2. The summed E-state index contributed by atoms with van der Waals surface area (Å²) in [4.78, 5) is -0.0645. The molecule has 0 aliphatic carbocycles. The van der Waals surface area contributed by atoms with Crippen LogP contribution in [0, 0.1) is 0 Å². The highest BCUT2D eigenvalue weighted by atomic mass is 35.5. The molecule has 2 aromatic rings. The molecule has 0 spiro atoms. The predicted octanol–water partition coefficient (Wildman–Crippen LogP) is 3.46. The van der Waals surface area contributed by atoms with Crippen molar-refractivity contribution in [3.63, 3.8) is 0 Å². The van der Waals surface area contributed by atoms with Gasteiger partial charge in [-0.1, -0.05) is 23.2 Å². The maximum absolute atomic E-state index is 12.4. The highest BCUT2D eigenvalue weighted by Crippen LogP contribution is 2.37. The molecule has 0 atom stereocenters. The fraction of sp³-hybridized carbons (Fsp3) is 0.231. The van der Waals surface area contributed by atoms with Crippen molar-refractivity contribution in [2.75, 3.05) is 6.61 Å². The first-order chi connectivity index (χ1) is 9.95. The number of ether oxygens (including phenoxy) is 1. The summed E-state index contributed by atoms with van der Waals surface area (Å²) in [5.41, 5.74) is 0. The smallest absolute Gasteiger partial charge is 0.244 e. The van der Waals surface area contributed by atoms with Crippen molar-refractivity contribution >= 4 is 33.2 Å². The van der Waals surface area contributed by atoms with Gasteiger partial charge in [0.25, 0.3) is 0 Å². The lowest BCUT2D eigenvalue weighted by Crippen LogP contribution is -2.23. The number of rotatable bonds is 6. The normalized spacial score (nSPS) is 11.6. The first kappa shape index (κ1) is 16.2. The van der Waals surface area contributed by atoms with E-state index in [0.717, 1.165) is 0 Å². The molecule has 0 fully saturated rings. The highest BCUT2D eigenvalue weighted by Gasteiger charge is 2.23. The minimum Gasteiger partial charge on any atom is -0.491 e. The van der Waals surface area contributed by atoms with Gasteiger partial charge in [-0.25, -0.2) is 13.1 Å². The lowest BCUT2D eigenvalue weighted by Gasteiger charge is -2.13. The van der Waals surface area contributed by atoms with Crippen LogP contribution in [0.4, 0.5) is 0 Å². The Bertz CT molecular complexity index is 714. The van der Waals surface area contributed by atoms with Crippen LogP contribution in [0.2, 0.25) is 10.0 Å². The monoisotopic (exact) mass is 349 g/mol. The van der Waals surface area contributed by atoms with Gasteiger partial charge >= 0.3 is 0 Å². The average molecular weight is 350 g/mol. The molecular weight excluding hydrogens is 337 g/mol. The van der Waals surface area contributed by atoms with Crippen molar-refractivity contribution in [1.82, 2.24) is 4.72 Å². The van der Waals surface area contributed by atoms with Gasteiger partial charge in [0, 0.05) is 0 Å². The Morgan fingerprint density at radius 3 is 2.67 bits per heavy atom. The van der Waals surface area contributed by atoms with Crippen molar-refractivity contribution in [3.05, 3.63) is 46.3 Å². The van der Waals surface area contributed by atoms with E-state index in [1.54, 1.807) is 19.1 Å². The first-order valence-corrected chi connectivity index (χ1v) is 8.32. The molecule has 1 aromatic carbocycles. The van der Waals surface area contributed by atoms with Crippen molar-refractivity contribution in [3.8, 4) is 5.75 Å². The van der Waals surface area contributed by atoms with E-state index in [0.29, 0.717) is 5.76 Å². The second kappa shape index (κ2) is 6.70. The van der Waals surface area contributed by atoms with Gasteiger partial charge in [0.05, 0.1) is 24.4 Å². The second-order valence-corrected chi connectivity index (χ2v) is 6.55. The third-order valence-electron chi connectivity index (χ3n) is 2.61. The highest BCUT2D eigenvalue weighted by molar-refractivity contribution is 7.89. The molecule has 8 heteroatoms. The van der Waals surface area contributed by atoms with E-state index in [1.165, 1.54) is 18.4 Å². The van der Waals surface area contributed by atoms with Gasteiger partial charge < -0.3 is 9.15 Å². The maximum Gasteiger partial charge on any atom is 0.244 e. The number of sulfonamides is 1. The molecule has 0 unspecified atom stereocenters. The van der Waals surface area contributed by atoms with Crippen molar-refractivity contribution < 1.29 is 17.6 Å². The van der Waals surface area contributed by atoms with Crippen LogP contribution in [0.15, 0.2) is 39.8 Å². The van der Waals surface area contributed by atoms with Gasteiger partial charge in [-0.2, -0.15) is 0 Å². The van der Waals surface area contributed by atoms with Gasteiger partial charge in [-0.05, 0) is 31.2 Å². The van der Waals surface area contributed by atoms with Gasteiger partial charge in [-0.15, -0.1) is 0 Å². The van der Waals surface area contributed by atoms with Crippen LogP contribution in [0.25, 0.3) is 0 Å². The molecule has 5 nitrogen and oxygen atoms in total. The van der Waals surface area contributed by atoms with Crippen LogP contribution in [-0.2, 0) is 16.6 Å². The van der Waals surface area contributed by atoms with Crippen LogP contribution in [0.5, 0.6) is 5.75 Å². The lowest BCUT2D eigenvalue weighted by atomic mass is 10.3. The minimum absolute atomic E-state index is 0.0289. The van der Waals surface area contributed by atoms with Crippen LogP contribution >= 0.6 is 23.2 Å². The molecule has 0 bridgehead atoms. The van der Waals surface area contributed by atoms with E-state index in [2.05, 4.69) is 4.72 Å². The quantitative estimate of drug-likeness (QED) is 0.866. The summed E-state index contributed by atoms with van der Waals surface area (Å²) in [6, 6.07) is 6.10. The Kier molecular flexibility index (Phi) is 5.16. The van der Waals surface area contributed by atoms with Gasteiger partial charge in [0.1, 0.15) is 15.7 Å². The summed E-state index contributed by atoms with van der Waals surface area (Å²) in [6.07, 6.45) is 1.47. The number of benzene rings is 1. The number of furan rings is 1. The summed E-state index contributed by atoms with van der Waals surface area (Å²) in [5.74, 6) is 0.537. The molecule has 0 aliphatic heterocycles. The van der Waals surface area contributed by atoms with Gasteiger partial charge in [-0.3, -0.25) is 0 Å². The summed E-state index contributed by atoms with van der Waals surface area (Å²) in [6.45, 7) is 2.02. The van der Waals surface area contributed by atoms with E-state index in [1.807, 2.05) is 0 Å². The zero-order chi connectivity index (χ0) is 15.5. The van der Waals surface area contributed by atoms with E-state index >= 15 is 0 Å². The standard InChI is InChI=1S/C13H13Cl2NO4S/c1-2-19-13-11(6-5-10(14)12(13)15)21(17,18)16-8-9-4-3-7-20-9/h3-7,16H,2,8H2,1H3. The molecule has 2 rings (SSSR count). The fourth-order valence-electron chi connectivity index (χ4n) is 1.66. The Morgan fingerprint density at radius 2 is 2.05 bits per heavy atom. The zero-order valence-corrected chi connectivity index (χ0v) is 13.4. The molecule has 1 aromatic heterocycles. The lowest BCUT2D eigenvalue weighted by molar-refractivity contribution is 0.331. The van der Waals surface area contributed by atoms with Crippen molar-refractivity contribution in [2.45, 2.75) is 18.4 Å². The average Bonchev–Trinajstić information content (AvgIpc) is 2.95. The Morgan fingerprint density at radius 1 is 1.29 bits per heavy atom. The molecule has 1 heterocycles. The Balaban J connectivity index is 2.33. The molecule has 114 valence electrons. The van der Waals surface area contributed by atoms with Crippen LogP contribution in [-0.4, -0.2) is 15.0 Å². The van der Waals surface area contributed by atoms with Gasteiger partial charge in [0.2, 0.25) is 10.0 Å². The maximum atomic E-state index is 12.4. The molecule has 0 aliphatic rings. The molecular formula is C13H13Cl2NO4S. The SMILES string of the molecule is CCOc1c(S(=O)(=O)NCc2ccco2)ccc(Cl)c1Cl. The van der Waals surface area contributed by atoms with Crippen molar-refractivity contribution in [2.24, 2.45) is 0 Å². The zero-order valence-electron chi connectivity index (χ0n) is 11.1. The third-order valence-corrected chi connectivity index (χ3v) is 4.82. The molecule has 0 radical (unpaired) electrons. The number of hydrogen-bond acceptors (Lipinski definition) is 4. The Hall–Kier alpha value is -1.21. The largest absolute Gasteiger partial charge is 0.491 e. The second-order valence-electron chi connectivity index (χ2n) is 4.03. The van der Waals surface area contributed by atoms with E-state index in [4.69, 9.17) is 32.4 Å². The molecule has 0 saturated carbocycles. The van der Waals surface area contributed by atoms with Crippen LogP contribution in [0.1, 0.15) is 12.7 Å². The van der Waals surface area contributed by atoms with E-state index in [-0.39, 0.29) is 33.8 Å². The van der Waals surface area contributed by atoms with Crippen molar-refractivity contribution in [1.29, 1.82) is 0 Å². The summed E-state index contributed by atoms with van der Waals surface area (Å²) < 4.78 is 37.5. The predicted molar refractivity (Wildman–Crippen MR) is 80.4 cm³/mol. The van der Waals surface area contributed by atoms with Crippen LogP contribution < -0.4 is 9.46 Å². The first-order valence-electron chi connectivity index (χ1n) is 6.08. The van der Waals surface area contributed by atoms with E-state index < -0.39 is 10.0 Å². The molecule has 1 N–H and O–H groups in total. The third kappa shape index (κ3) is 3.71.